The lowest BCUT2D eigenvalue weighted by Crippen LogP contribution is -2.11. The second-order valence-electron chi connectivity index (χ2n) is 4.32. The van der Waals surface area contributed by atoms with E-state index in [1.165, 1.54) is 10.4 Å². The van der Waals surface area contributed by atoms with Crippen molar-refractivity contribution >= 4 is 22.9 Å². The van der Waals surface area contributed by atoms with E-state index in [-0.39, 0.29) is 5.91 Å². The van der Waals surface area contributed by atoms with Crippen LogP contribution in [0.4, 0.5) is 5.69 Å². The molecule has 0 saturated carbocycles. The van der Waals surface area contributed by atoms with Crippen molar-refractivity contribution in [1.82, 2.24) is 0 Å². The van der Waals surface area contributed by atoms with Gasteiger partial charge in [-0.3, -0.25) is 4.79 Å². The van der Waals surface area contributed by atoms with E-state index in [0.717, 1.165) is 22.5 Å². The SMILES string of the molecule is CCc1ccc(C(=O)Nc2cccc(C)c2C)s1. The van der Waals surface area contributed by atoms with Crippen LogP contribution in [-0.4, -0.2) is 5.91 Å². The number of aryl methyl sites for hydroxylation is 2. The van der Waals surface area contributed by atoms with Crippen LogP contribution in [0.15, 0.2) is 30.3 Å². The zero-order valence-corrected chi connectivity index (χ0v) is 11.7. The number of hydrogen-bond acceptors (Lipinski definition) is 2. The lowest BCUT2D eigenvalue weighted by atomic mass is 10.1. The van der Waals surface area contributed by atoms with Gasteiger partial charge in [-0.25, -0.2) is 0 Å². The predicted octanol–water partition coefficient (Wildman–Crippen LogP) is 4.18. The van der Waals surface area contributed by atoms with Crippen LogP contribution in [-0.2, 0) is 6.42 Å². The smallest absolute Gasteiger partial charge is 0.265 e. The summed E-state index contributed by atoms with van der Waals surface area (Å²) in [6, 6.07) is 9.86. The Morgan fingerprint density at radius 3 is 2.67 bits per heavy atom. The Balaban J connectivity index is 2.18. The van der Waals surface area contributed by atoms with Crippen LogP contribution < -0.4 is 5.32 Å². The number of rotatable bonds is 3. The molecule has 1 amide bonds. The molecule has 0 saturated heterocycles. The normalized spacial score (nSPS) is 10.4. The van der Waals surface area contributed by atoms with Crippen molar-refractivity contribution in [2.45, 2.75) is 27.2 Å². The van der Waals surface area contributed by atoms with Gasteiger partial charge in [-0.15, -0.1) is 11.3 Å². The molecule has 1 heterocycles. The summed E-state index contributed by atoms with van der Waals surface area (Å²) in [5.41, 5.74) is 3.21. The Morgan fingerprint density at radius 1 is 1.22 bits per heavy atom. The quantitative estimate of drug-likeness (QED) is 0.880. The Kier molecular flexibility index (Phi) is 3.82. The minimum atomic E-state index is -0.0200. The summed E-state index contributed by atoms with van der Waals surface area (Å²) in [6.45, 7) is 6.17. The maximum atomic E-state index is 12.1. The summed E-state index contributed by atoms with van der Waals surface area (Å²) in [7, 11) is 0. The lowest BCUT2D eigenvalue weighted by molar-refractivity contribution is 0.103. The van der Waals surface area contributed by atoms with Gasteiger partial charge in [0.15, 0.2) is 0 Å². The van der Waals surface area contributed by atoms with E-state index < -0.39 is 0 Å². The number of anilines is 1. The van der Waals surface area contributed by atoms with E-state index in [9.17, 15) is 4.79 Å². The van der Waals surface area contributed by atoms with Crippen LogP contribution in [0.25, 0.3) is 0 Å². The van der Waals surface area contributed by atoms with Crippen molar-refractivity contribution in [2.75, 3.05) is 5.32 Å². The first-order valence-corrected chi connectivity index (χ1v) is 6.89. The highest BCUT2D eigenvalue weighted by Gasteiger charge is 2.10. The summed E-state index contributed by atoms with van der Waals surface area (Å²) in [4.78, 5) is 14.1. The van der Waals surface area contributed by atoms with Crippen LogP contribution >= 0.6 is 11.3 Å². The number of benzene rings is 1. The number of thiophene rings is 1. The van der Waals surface area contributed by atoms with Crippen molar-refractivity contribution in [2.24, 2.45) is 0 Å². The zero-order valence-electron chi connectivity index (χ0n) is 10.9. The van der Waals surface area contributed by atoms with E-state index in [0.29, 0.717) is 0 Å². The molecule has 2 rings (SSSR count). The third-order valence-corrected chi connectivity index (χ3v) is 4.32. The zero-order chi connectivity index (χ0) is 13.1. The second-order valence-corrected chi connectivity index (χ2v) is 5.49. The highest BCUT2D eigenvalue weighted by molar-refractivity contribution is 7.14. The molecule has 0 atom stereocenters. The number of hydrogen-bond donors (Lipinski definition) is 1. The fraction of sp³-hybridized carbons (Fsp3) is 0.267. The molecule has 0 aliphatic heterocycles. The maximum Gasteiger partial charge on any atom is 0.265 e. The second kappa shape index (κ2) is 5.36. The first-order valence-electron chi connectivity index (χ1n) is 6.08. The minimum absolute atomic E-state index is 0.0200. The average Bonchev–Trinajstić information content (AvgIpc) is 2.83. The topological polar surface area (TPSA) is 29.1 Å². The highest BCUT2D eigenvalue weighted by atomic mass is 32.1. The molecule has 1 aromatic heterocycles. The van der Waals surface area contributed by atoms with E-state index >= 15 is 0 Å². The monoisotopic (exact) mass is 259 g/mol. The molecule has 1 aromatic carbocycles. The molecule has 0 spiro atoms. The van der Waals surface area contributed by atoms with Gasteiger partial charge in [-0.1, -0.05) is 19.1 Å². The molecule has 0 unspecified atom stereocenters. The minimum Gasteiger partial charge on any atom is -0.321 e. The molecule has 0 bridgehead atoms. The van der Waals surface area contributed by atoms with Crippen LogP contribution in [0.3, 0.4) is 0 Å². The van der Waals surface area contributed by atoms with Gasteiger partial charge in [-0.2, -0.15) is 0 Å². The average molecular weight is 259 g/mol. The van der Waals surface area contributed by atoms with Crippen molar-refractivity contribution in [3.8, 4) is 0 Å². The summed E-state index contributed by atoms with van der Waals surface area (Å²) >= 11 is 1.56. The number of carbonyl (C=O) groups excluding carboxylic acids is 1. The third kappa shape index (κ3) is 2.62. The van der Waals surface area contributed by atoms with E-state index in [4.69, 9.17) is 0 Å². The standard InChI is InChI=1S/C15H17NOS/c1-4-12-8-9-14(18-12)15(17)16-13-7-5-6-10(2)11(13)3/h5-9H,4H2,1-3H3,(H,16,17). The number of nitrogens with one attached hydrogen (secondary N) is 1. The van der Waals surface area contributed by atoms with Gasteiger partial charge in [0.2, 0.25) is 0 Å². The Labute approximate surface area is 112 Å². The molecule has 0 aliphatic rings. The first-order chi connectivity index (χ1) is 8.61. The van der Waals surface area contributed by atoms with Crippen molar-refractivity contribution < 1.29 is 4.79 Å². The number of amides is 1. The summed E-state index contributed by atoms with van der Waals surface area (Å²) in [6.07, 6.45) is 0.974. The molecule has 18 heavy (non-hydrogen) atoms. The lowest BCUT2D eigenvalue weighted by Gasteiger charge is -2.09. The van der Waals surface area contributed by atoms with Gasteiger partial charge < -0.3 is 5.32 Å². The fourth-order valence-corrected chi connectivity index (χ4v) is 2.60. The van der Waals surface area contributed by atoms with Crippen molar-refractivity contribution in [1.29, 1.82) is 0 Å². The fourth-order valence-electron chi connectivity index (χ4n) is 1.76. The third-order valence-electron chi connectivity index (χ3n) is 3.09. The molecule has 0 fully saturated rings. The van der Waals surface area contributed by atoms with Crippen LogP contribution in [0.2, 0.25) is 0 Å². The molecular weight excluding hydrogens is 242 g/mol. The van der Waals surface area contributed by atoms with E-state index in [1.54, 1.807) is 11.3 Å². The predicted molar refractivity (Wildman–Crippen MR) is 77.6 cm³/mol. The molecule has 2 nitrogen and oxygen atoms in total. The number of carbonyl (C=O) groups is 1. The maximum absolute atomic E-state index is 12.1. The van der Waals surface area contributed by atoms with Gasteiger partial charge in [0.25, 0.3) is 5.91 Å². The molecule has 2 aromatic rings. The van der Waals surface area contributed by atoms with Gasteiger partial charge in [0.1, 0.15) is 0 Å². The molecule has 0 radical (unpaired) electrons. The van der Waals surface area contributed by atoms with E-state index in [2.05, 4.69) is 12.2 Å². The first kappa shape index (κ1) is 12.8. The highest BCUT2D eigenvalue weighted by Crippen LogP contribution is 2.21. The molecule has 1 N–H and O–H groups in total. The van der Waals surface area contributed by atoms with Gasteiger partial charge in [-0.05, 0) is 49.6 Å². The van der Waals surface area contributed by atoms with E-state index in [1.807, 2.05) is 44.2 Å². The van der Waals surface area contributed by atoms with Gasteiger partial charge in [0, 0.05) is 10.6 Å². The summed E-state index contributed by atoms with van der Waals surface area (Å²) in [5.74, 6) is -0.0200. The van der Waals surface area contributed by atoms with Gasteiger partial charge >= 0.3 is 0 Å². The Bertz CT molecular complexity index is 572. The van der Waals surface area contributed by atoms with Crippen LogP contribution in [0.1, 0.15) is 32.6 Å². The van der Waals surface area contributed by atoms with Crippen molar-refractivity contribution in [3.05, 3.63) is 51.2 Å². The van der Waals surface area contributed by atoms with Crippen molar-refractivity contribution in [3.63, 3.8) is 0 Å². The molecular formula is C15H17NOS. The van der Waals surface area contributed by atoms with Crippen LogP contribution in [0, 0.1) is 13.8 Å². The Morgan fingerprint density at radius 2 is 2.00 bits per heavy atom. The molecule has 3 heteroatoms. The largest absolute Gasteiger partial charge is 0.321 e. The summed E-state index contributed by atoms with van der Waals surface area (Å²) < 4.78 is 0. The summed E-state index contributed by atoms with van der Waals surface area (Å²) in [5, 5.41) is 2.98. The molecule has 0 aliphatic carbocycles. The van der Waals surface area contributed by atoms with Crippen LogP contribution in [0.5, 0.6) is 0 Å². The van der Waals surface area contributed by atoms with Gasteiger partial charge in [0.05, 0.1) is 4.88 Å². The Hall–Kier alpha value is -1.61. The molecule has 94 valence electrons.